The van der Waals surface area contributed by atoms with Gasteiger partial charge in [0.05, 0.1) is 12.1 Å². The minimum Gasteiger partial charge on any atom is -0.492 e. The number of nitrogens with zero attached hydrogens (tertiary/aromatic N) is 1. The predicted octanol–water partition coefficient (Wildman–Crippen LogP) is 2.55. The number of rotatable bonds is 7. The van der Waals surface area contributed by atoms with Crippen molar-refractivity contribution in [1.29, 1.82) is 0 Å². The van der Waals surface area contributed by atoms with Gasteiger partial charge in [0.15, 0.2) is 17.6 Å². The van der Waals surface area contributed by atoms with Gasteiger partial charge < -0.3 is 20.1 Å². The molecule has 1 aromatic rings. The van der Waals surface area contributed by atoms with E-state index in [0.717, 1.165) is 12.1 Å². The summed E-state index contributed by atoms with van der Waals surface area (Å²) in [6, 6.07) is 3.43. The van der Waals surface area contributed by atoms with Crippen LogP contribution in [-0.4, -0.2) is 45.4 Å². The zero-order valence-electron chi connectivity index (χ0n) is 13.8. The van der Waals surface area contributed by atoms with Crippen molar-refractivity contribution in [2.75, 3.05) is 33.9 Å². The summed E-state index contributed by atoms with van der Waals surface area (Å²) in [6.07, 6.45) is 0. The molecule has 0 aliphatic carbocycles. The molecule has 2 N–H and O–H groups in total. The lowest BCUT2D eigenvalue weighted by Gasteiger charge is -2.24. The van der Waals surface area contributed by atoms with Crippen LogP contribution in [0.25, 0.3) is 0 Å². The molecule has 0 spiro atoms. The molecule has 1 aromatic carbocycles. The van der Waals surface area contributed by atoms with E-state index in [1.165, 1.54) is 6.07 Å². The van der Waals surface area contributed by atoms with Crippen LogP contribution >= 0.6 is 24.0 Å². The van der Waals surface area contributed by atoms with E-state index in [1.807, 2.05) is 13.8 Å². The van der Waals surface area contributed by atoms with Crippen LogP contribution in [0.15, 0.2) is 23.2 Å². The van der Waals surface area contributed by atoms with Gasteiger partial charge in [-0.1, -0.05) is 0 Å². The van der Waals surface area contributed by atoms with Crippen molar-refractivity contribution in [3.8, 4) is 5.75 Å². The van der Waals surface area contributed by atoms with E-state index < -0.39 is 11.6 Å². The largest absolute Gasteiger partial charge is 0.492 e. The van der Waals surface area contributed by atoms with Gasteiger partial charge in [0, 0.05) is 26.8 Å². The third kappa shape index (κ3) is 8.31. The first-order valence-corrected chi connectivity index (χ1v) is 6.95. The highest BCUT2D eigenvalue weighted by atomic mass is 127. The van der Waals surface area contributed by atoms with E-state index >= 15 is 0 Å². The van der Waals surface area contributed by atoms with Crippen molar-refractivity contribution in [2.45, 2.75) is 19.4 Å². The summed E-state index contributed by atoms with van der Waals surface area (Å²) in [6.45, 7) is 5.26. The number of aliphatic imine (C=N–C) groups is 1. The third-order valence-electron chi connectivity index (χ3n) is 3.01. The van der Waals surface area contributed by atoms with E-state index in [9.17, 15) is 8.78 Å². The summed E-state index contributed by atoms with van der Waals surface area (Å²) in [5.74, 6) is -0.927. The van der Waals surface area contributed by atoms with Gasteiger partial charge in [0.2, 0.25) is 0 Å². The normalized spacial score (nSPS) is 11.7. The van der Waals surface area contributed by atoms with Gasteiger partial charge in [-0.3, -0.25) is 4.99 Å². The number of methoxy groups -OCH3 is 1. The van der Waals surface area contributed by atoms with Gasteiger partial charge in [-0.2, -0.15) is 0 Å². The van der Waals surface area contributed by atoms with Crippen LogP contribution in [-0.2, 0) is 4.74 Å². The first-order valence-electron chi connectivity index (χ1n) is 6.95. The Morgan fingerprint density at radius 3 is 2.48 bits per heavy atom. The second kappa shape index (κ2) is 10.6. The second-order valence-corrected chi connectivity index (χ2v) is 5.24. The Balaban J connectivity index is 0.00000484. The number of benzene rings is 1. The number of hydrogen-bond acceptors (Lipinski definition) is 3. The molecular formula is C15H24F2IN3O2. The lowest BCUT2D eigenvalue weighted by molar-refractivity contribution is 0.0268. The molecule has 0 heterocycles. The van der Waals surface area contributed by atoms with Crippen LogP contribution in [0.3, 0.4) is 0 Å². The van der Waals surface area contributed by atoms with Crippen LogP contribution in [0.2, 0.25) is 0 Å². The molecule has 5 nitrogen and oxygen atoms in total. The Morgan fingerprint density at radius 2 is 1.91 bits per heavy atom. The number of nitrogens with one attached hydrogen (secondary N) is 2. The van der Waals surface area contributed by atoms with Crippen molar-refractivity contribution in [1.82, 2.24) is 10.6 Å². The number of halogens is 3. The molecule has 0 bridgehead atoms. The van der Waals surface area contributed by atoms with Crippen LogP contribution in [0, 0.1) is 11.6 Å². The van der Waals surface area contributed by atoms with Crippen molar-refractivity contribution >= 4 is 29.9 Å². The highest BCUT2D eigenvalue weighted by Crippen LogP contribution is 2.14. The average molecular weight is 443 g/mol. The molecule has 0 unspecified atom stereocenters. The third-order valence-corrected chi connectivity index (χ3v) is 3.01. The summed E-state index contributed by atoms with van der Waals surface area (Å²) >= 11 is 0. The Kier molecular flexibility index (Phi) is 10.1. The first kappa shape index (κ1) is 21.8. The lowest BCUT2D eigenvalue weighted by atomic mass is 10.1. The molecule has 0 saturated heterocycles. The van der Waals surface area contributed by atoms with Crippen molar-refractivity contribution in [3.05, 3.63) is 29.8 Å². The highest BCUT2D eigenvalue weighted by molar-refractivity contribution is 14.0. The molecule has 23 heavy (non-hydrogen) atoms. The summed E-state index contributed by atoms with van der Waals surface area (Å²) in [7, 11) is 3.30. The molecule has 0 aliphatic heterocycles. The van der Waals surface area contributed by atoms with E-state index in [-0.39, 0.29) is 35.3 Å². The Labute approximate surface area is 152 Å². The van der Waals surface area contributed by atoms with E-state index in [4.69, 9.17) is 9.47 Å². The molecular weight excluding hydrogens is 419 g/mol. The van der Waals surface area contributed by atoms with Gasteiger partial charge in [0.25, 0.3) is 0 Å². The Morgan fingerprint density at radius 1 is 1.22 bits per heavy atom. The van der Waals surface area contributed by atoms with Gasteiger partial charge >= 0.3 is 0 Å². The maximum Gasteiger partial charge on any atom is 0.191 e. The summed E-state index contributed by atoms with van der Waals surface area (Å²) in [5, 5.41) is 6.18. The van der Waals surface area contributed by atoms with Crippen LogP contribution < -0.4 is 15.4 Å². The fourth-order valence-electron chi connectivity index (χ4n) is 1.49. The van der Waals surface area contributed by atoms with Gasteiger partial charge in [0.1, 0.15) is 12.4 Å². The minimum atomic E-state index is -0.926. The molecule has 0 saturated carbocycles. The fraction of sp³-hybridized carbons (Fsp3) is 0.533. The highest BCUT2D eigenvalue weighted by Gasteiger charge is 2.16. The van der Waals surface area contributed by atoms with Crippen molar-refractivity contribution in [3.63, 3.8) is 0 Å². The lowest BCUT2D eigenvalue weighted by Crippen LogP contribution is -2.46. The van der Waals surface area contributed by atoms with E-state index in [2.05, 4.69) is 15.6 Å². The minimum absolute atomic E-state index is 0. The van der Waals surface area contributed by atoms with Crippen LogP contribution in [0.4, 0.5) is 8.78 Å². The maximum absolute atomic E-state index is 13.0. The molecule has 0 aliphatic rings. The zero-order chi connectivity index (χ0) is 16.6. The molecule has 0 aromatic heterocycles. The molecule has 0 atom stereocenters. The second-order valence-electron chi connectivity index (χ2n) is 5.24. The first-order chi connectivity index (χ1) is 10.4. The SMILES string of the molecule is CN=C(NCCOc1ccc(F)c(F)c1)NCC(C)(C)OC.I. The summed E-state index contributed by atoms with van der Waals surface area (Å²) in [4.78, 5) is 4.07. The number of guanidine groups is 1. The standard InChI is InChI=1S/C15H23F2N3O2.HI/c1-15(2,21-4)10-20-14(18-3)19-7-8-22-11-5-6-12(16)13(17)9-11;/h5-6,9H,7-8,10H2,1-4H3,(H2,18,19,20);1H. The molecule has 0 radical (unpaired) electrons. The van der Waals surface area contributed by atoms with Crippen molar-refractivity contribution < 1.29 is 18.3 Å². The molecule has 0 amide bonds. The summed E-state index contributed by atoms with van der Waals surface area (Å²) in [5.41, 5.74) is -0.306. The van der Waals surface area contributed by atoms with Gasteiger partial charge in [-0.05, 0) is 26.0 Å². The van der Waals surface area contributed by atoms with Gasteiger partial charge in [-0.15, -0.1) is 24.0 Å². The fourth-order valence-corrected chi connectivity index (χ4v) is 1.49. The van der Waals surface area contributed by atoms with Crippen LogP contribution in [0.1, 0.15) is 13.8 Å². The van der Waals surface area contributed by atoms with Gasteiger partial charge in [-0.25, -0.2) is 8.78 Å². The Bertz CT molecular complexity index is 513. The maximum atomic E-state index is 13.0. The smallest absolute Gasteiger partial charge is 0.191 e. The number of ether oxygens (including phenoxy) is 2. The van der Waals surface area contributed by atoms with E-state index in [0.29, 0.717) is 25.7 Å². The summed E-state index contributed by atoms with van der Waals surface area (Å²) < 4.78 is 36.4. The zero-order valence-corrected chi connectivity index (χ0v) is 16.1. The van der Waals surface area contributed by atoms with Crippen LogP contribution in [0.5, 0.6) is 5.75 Å². The van der Waals surface area contributed by atoms with Crippen molar-refractivity contribution in [2.24, 2.45) is 4.99 Å². The quantitative estimate of drug-likeness (QED) is 0.295. The molecule has 1 rings (SSSR count). The average Bonchev–Trinajstić information content (AvgIpc) is 2.50. The number of hydrogen-bond donors (Lipinski definition) is 2. The van der Waals surface area contributed by atoms with E-state index in [1.54, 1.807) is 14.2 Å². The molecule has 0 fully saturated rings. The molecule has 132 valence electrons. The Hall–Kier alpha value is -1.16. The topological polar surface area (TPSA) is 54.9 Å². The predicted molar refractivity (Wildman–Crippen MR) is 97.7 cm³/mol. The molecule has 8 heteroatoms. The monoisotopic (exact) mass is 443 g/mol.